The van der Waals surface area contributed by atoms with E-state index in [1.54, 1.807) is 18.4 Å². The molecule has 5 heteroatoms. The Morgan fingerprint density at radius 2 is 2.22 bits per heavy atom. The van der Waals surface area contributed by atoms with Gasteiger partial charge in [0.25, 0.3) is 0 Å². The van der Waals surface area contributed by atoms with Crippen molar-refractivity contribution in [2.75, 3.05) is 7.11 Å². The molecule has 2 aliphatic rings. The SMILES string of the molecule is CC[C@@]1(C(=O)NCc2cccs2)C[C@@H]2CC[C@H]1N2Cc1cccc(OC)c1. The number of hydrogen-bond acceptors (Lipinski definition) is 4. The number of amides is 1. The van der Waals surface area contributed by atoms with Crippen molar-refractivity contribution in [1.82, 2.24) is 10.2 Å². The second-order valence-electron chi connectivity index (χ2n) is 7.75. The van der Waals surface area contributed by atoms with Gasteiger partial charge >= 0.3 is 0 Å². The molecule has 4 rings (SSSR count). The number of ether oxygens (including phenoxy) is 1. The van der Waals surface area contributed by atoms with Gasteiger partial charge in [-0.25, -0.2) is 0 Å². The molecule has 2 aromatic rings. The monoisotopic (exact) mass is 384 g/mol. The van der Waals surface area contributed by atoms with Crippen molar-refractivity contribution < 1.29 is 9.53 Å². The minimum atomic E-state index is -0.251. The molecule has 2 fully saturated rings. The Hall–Kier alpha value is -1.85. The van der Waals surface area contributed by atoms with E-state index in [2.05, 4.69) is 40.7 Å². The molecule has 0 radical (unpaired) electrons. The molecule has 1 amide bonds. The third-order valence-electron chi connectivity index (χ3n) is 6.47. The molecule has 144 valence electrons. The van der Waals surface area contributed by atoms with Gasteiger partial charge in [-0.1, -0.05) is 25.1 Å². The smallest absolute Gasteiger partial charge is 0.228 e. The molecule has 0 spiro atoms. The molecular formula is C22H28N2O2S. The fourth-order valence-corrected chi connectivity index (χ4v) is 5.71. The molecule has 0 aliphatic carbocycles. The second kappa shape index (κ2) is 7.64. The molecule has 1 aromatic heterocycles. The predicted molar refractivity (Wildman–Crippen MR) is 109 cm³/mol. The number of fused-ring (bicyclic) bond motifs is 2. The number of hydrogen-bond donors (Lipinski definition) is 1. The van der Waals surface area contributed by atoms with Crippen LogP contribution in [0.3, 0.4) is 0 Å². The Balaban J connectivity index is 1.49. The summed E-state index contributed by atoms with van der Waals surface area (Å²) in [6.45, 7) is 3.72. The van der Waals surface area contributed by atoms with Crippen LogP contribution in [0.1, 0.15) is 43.0 Å². The Morgan fingerprint density at radius 3 is 2.96 bits per heavy atom. The maximum Gasteiger partial charge on any atom is 0.228 e. The van der Waals surface area contributed by atoms with Crippen LogP contribution in [0.25, 0.3) is 0 Å². The van der Waals surface area contributed by atoms with E-state index in [0.717, 1.165) is 31.6 Å². The molecule has 4 nitrogen and oxygen atoms in total. The fraction of sp³-hybridized carbons (Fsp3) is 0.500. The normalized spacial score (nSPS) is 27.0. The summed E-state index contributed by atoms with van der Waals surface area (Å²) < 4.78 is 5.37. The van der Waals surface area contributed by atoms with Gasteiger partial charge in [0.1, 0.15) is 5.75 Å². The maximum atomic E-state index is 13.2. The lowest BCUT2D eigenvalue weighted by Gasteiger charge is -2.35. The minimum absolute atomic E-state index is 0.237. The van der Waals surface area contributed by atoms with Gasteiger partial charge in [0.15, 0.2) is 0 Å². The first kappa shape index (κ1) is 18.5. The number of nitrogens with zero attached hydrogens (tertiary/aromatic N) is 1. The van der Waals surface area contributed by atoms with Crippen molar-refractivity contribution in [3.63, 3.8) is 0 Å². The molecule has 0 saturated carbocycles. The summed E-state index contributed by atoms with van der Waals surface area (Å²) in [4.78, 5) is 17.0. The van der Waals surface area contributed by atoms with Gasteiger partial charge in [0.05, 0.1) is 19.1 Å². The summed E-state index contributed by atoms with van der Waals surface area (Å²) in [6, 6.07) is 13.3. The fourth-order valence-electron chi connectivity index (χ4n) is 5.07. The molecule has 27 heavy (non-hydrogen) atoms. The van der Waals surface area contributed by atoms with Gasteiger partial charge in [-0.15, -0.1) is 11.3 Å². The van der Waals surface area contributed by atoms with Crippen LogP contribution < -0.4 is 10.1 Å². The molecule has 0 unspecified atom stereocenters. The van der Waals surface area contributed by atoms with Crippen molar-refractivity contribution in [3.8, 4) is 5.75 Å². The summed E-state index contributed by atoms with van der Waals surface area (Å²) in [5, 5.41) is 5.29. The summed E-state index contributed by atoms with van der Waals surface area (Å²) in [5.74, 6) is 1.13. The first-order valence-corrected chi connectivity index (χ1v) is 10.7. The van der Waals surface area contributed by atoms with Crippen LogP contribution in [-0.4, -0.2) is 30.0 Å². The molecule has 1 aromatic carbocycles. The number of benzene rings is 1. The highest BCUT2D eigenvalue weighted by Crippen LogP contribution is 2.52. The van der Waals surface area contributed by atoms with Crippen LogP contribution in [0.5, 0.6) is 5.75 Å². The van der Waals surface area contributed by atoms with Crippen LogP contribution in [0.15, 0.2) is 41.8 Å². The summed E-state index contributed by atoms with van der Waals surface area (Å²) in [6.07, 6.45) is 4.21. The third kappa shape index (κ3) is 3.39. The van der Waals surface area contributed by atoms with Gasteiger partial charge < -0.3 is 10.1 Å². The molecule has 2 aliphatic heterocycles. The van der Waals surface area contributed by atoms with E-state index in [9.17, 15) is 4.79 Å². The third-order valence-corrected chi connectivity index (χ3v) is 7.34. The molecular weight excluding hydrogens is 356 g/mol. The van der Waals surface area contributed by atoms with E-state index < -0.39 is 0 Å². The predicted octanol–water partition coefficient (Wildman–Crippen LogP) is 4.21. The highest BCUT2D eigenvalue weighted by Gasteiger charge is 2.58. The average Bonchev–Trinajstić information content (AvgIpc) is 3.42. The Kier molecular flexibility index (Phi) is 5.24. The van der Waals surface area contributed by atoms with Gasteiger partial charge in [0, 0.05) is 23.5 Å². The highest BCUT2D eigenvalue weighted by molar-refractivity contribution is 7.09. The number of nitrogens with one attached hydrogen (secondary N) is 1. The standard InChI is InChI=1S/C22H28N2O2S/c1-3-22(21(25)23-14-19-8-5-11-27-19)13-17-9-10-20(22)24(17)15-16-6-4-7-18(12-16)26-2/h4-8,11-12,17,20H,3,9-10,13-15H2,1-2H3,(H,23,25)/t17-,20+,22+/m0/s1. The first-order chi connectivity index (χ1) is 13.2. The lowest BCUT2D eigenvalue weighted by molar-refractivity contribution is -0.133. The average molecular weight is 385 g/mol. The van der Waals surface area contributed by atoms with Crippen molar-refractivity contribution in [1.29, 1.82) is 0 Å². The van der Waals surface area contributed by atoms with Crippen LogP contribution in [-0.2, 0) is 17.9 Å². The highest BCUT2D eigenvalue weighted by atomic mass is 32.1. The molecule has 1 N–H and O–H groups in total. The summed E-state index contributed by atoms with van der Waals surface area (Å²) in [7, 11) is 1.71. The maximum absolute atomic E-state index is 13.2. The van der Waals surface area contributed by atoms with Crippen LogP contribution in [0.2, 0.25) is 0 Å². The van der Waals surface area contributed by atoms with Crippen molar-refractivity contribution in [3.05, 3.63) is 52.2 Å². The van der Waals surface area contributed by atoms with Gasteiger partial charge in [-0.2, -0.15) is 0 Å². The quantitative estimate of drug-likeness (QED) is 0.778. The van der Waals surface area contributed by atoms with Crippen molar-refractivity contribution in [2.45, 2.75) is 57.8 Å². The van der Waals surface area contributed by atoms with Crippen molar-refractivity contribution >= 4 is 17.2 Å². The zero-order valence-electron chi connectivity index (χ0n) is 16.1. The van der Waals surface area contributed by atoms with E-state index in [4.69, 9.17) is 4.74 Å². The molecule has 2 bridgehead atoms. The largest absolute Gasteiger partial charge is 0.497 e. The van der Waals surface area contributed by atoms with E-state index in [-0.39, 0.29) is 11.3 Å². The lowest BCUT2D eigenvalue weighted by atomic mass is 9.71. The second-order valence-corrected chi connectivity index (χ2v) is 8.78. The number of carbonyl (C=O) groups excluding carboxylic acids is 1. The number of rotatable bonds is 7. The van der Waals surface area contributed by atoms with Crippen LogP contribution in [0.4, 0.5) is 0 Å². The van der Waals surface area contributed by atoms with E-state index in [1.807, 2.05) is 18.2 Å². The number of thiophene rings is 1. The molecule has 3 atom stereocenters. The number of carbonyl (C=O) groups is 1. The minimum Gasteiger partial charge on any atom is -0.497 e. The zero-order valence-corrected chi connectivity index (χ0v) is 16.9. The van der Waals surface area contributed by atoms with E-state index in [0.29, 0.717) is 18.6 Å². The molecule has 2 saturated heterocycles. The topological polar surface area (TPSA) is 41.6 Å². The van der Waals surface area contributed by atoms with Crippen LogP contribution >= 0.6 is 11.3 Å². The van der Waals surface area contributed by atoms with Crippen LogP contribution in [0, 0.1) is 5.41 Å². The van der Waals surface area contributed by atoms with Crippen molar-refractivity contribution in [2.24, 2.45) is 5.41 Å². The number of methoxy groups -OCH3 is 1. The van der Waals surface area contributed by atoms with Gasteiger partial charge in [-0.3, -0.25) is 9.69 Å². The zero-order chi connectivity index (χ0) is 18.9. The van der Waals surface area contributed by atoms with Gasteiger partial charge in [-0.05, 0) is 54.8 Å². The van der Waals surface area contributed by atoms with E-state index in [1.165, 1.54) is 16.9 Å². The summed E-state index contributed by atoms with van der Waals surface area (Å²) in [5.41, 5.74) is 1.01. The Morgan fingerprint density at radius 1 is 1.33 bits per heavy atom. The first-order valence-electron chi connectivity index (χ1n) is 9.85. The summed E-state index contributed by atoms with van der Waals surface area (Å²) >= 11 is 1.70. The molecule has 3 heterocycles. The van der Waals surface area contributed by atoms with E-state index >= 15 is 0 Å². The lowest BCUT2D eigenvalue weighted by Crippen LogP contribution is -2.48. The Labute approximate surface area is 165 Å². The van der Waals surface area contributed by atoms with Gasteiger partial charge in [0.2, 0.25) is 5.91 Å². The Bertz CT molecular complexity index is 791.